The van der Waals surface area contributed by atoms with Gasteiger partial charge in [0.2, 0.25) is 0 Å². The lowest BCUT2D eigenvalue weighted by molar-refractivity contribution is 0.661. The first-order valence-electron chi connectivity index (χ1n) is 17.5. The second-order valence-electron chi connectivity index (χ2n) is 14.0. The maximum Gasteiger partial charge on any atom is 0.164 e. The Labute approximate surface area is 297 Å². The molecular formula is C48H33N3. The zero-order valence-corrected chi connectivity index (χ0v) is 28.4. The number of fused-ring (bicyclic) bond motifs is 9. The van der Waals surface area contributed by atoms with Crippen LogP contribution in [0.2, 0.25) is 0 Å². The summed E-state index contributed by atoms with van der Waals surface area (Å²) < 4.78 is 0. The number of hydrogen-bond donors (Lipinski definition) is 0. The maximum atomic E-state index is 5.06. The Morgan fingerprint density at radius 3 is 1.65 bits per heavy atom. The maximum absolute atomic E-state index is 5.06. The second kappa shape index (κ2) is 11.3. The van der Waals surface area contributed by atoms with E-state index in [-0.39, 0.29) is 5.41 Å². The van der Waals surface area contributed by atoms with Crippen molar-refractivity contribution >= 4 is 32.3 Å². The van der Waals surface area contributed by atoms with Crippen LogP contribution in [0.1, 0.15) is 25.0 Å². The summed E-state index contributed by atoms with van der Waals surface area (Å²) in [4.78, 5) is 15.0. The van der Waals surface area contributed by atoms with Gasteiger partial charge in [0.05, 0.1) is 0 Å². The van der Waals surface area contributed by atoms with Crippen molar-refractivity contribution < 1.29 is 0 Å². The lowest BCUT2D eigenvalue weighted by atomic mass is 9.82. The van der Waals surface area contributed by atoms with E-state index in [1.54, 1.807) is 0 Å². The fraction of sp³-hybridized carbons (Fsp3) is 0.0625. The predicted molar refractivity (Wildman–Crippen MR) is 212 cm³/mol. The first kappa shape index (κ1) is 29.5. The molecule has 1 aliphatic rings. The number of benzene rings is 8. The summed E-state index contributed by atoms with van der Waals surface area (Å²) in [6.45, 7) is 4.70. The molecule has 3 nitrogen and oxygen atoms in total. The van der Waals surface area contributed by atoms with Crippen LogP contribution in [0.25, 0.3) is 88.7 Å². The first-order chi connectivity index (χ1) is 25.0. The van der Waals surface area contributed by atoms with Crippen LogP contribution in [0, 0.1) is 0 Å². The van der Waals surface area contributed by atoms with E-state index in [0.717, 1.165) is 27.8 Å². The Bertz CT molecular complexity index is 2760. The van der Waals surface area contributed by atoms with Crippen LogP contribution < -0.4 is 0 Å². The molecule has 0 fully saturated rings. The molecule has 1 aromatic heterocycles. The van der Waals surface area contributed by atoms with Gasteiger partial charge in [-0.2, -0.15) is 0 Å². The van der Waals surface area contributed by atoms with Crippen LogP contribution in [-0.4, -0.2) is 15.0 Å². The van der Waals surface area contributed by atoms with Gasteiger partial charge in [-0.05, 0) is 71.8 Å². The smallest absolute Gasteiger partial charge is 0.164 e. The van der Waals surface area contributed by atoms with Gasteiger partial charge in [0, 0.05) is 22.1 Å². The molecule has 0 bridgehead atoms. The molecule has 0 unspecified atom stereocenters. The fourth-order valence-electron chi connectivity index (χ4n) is 8.20. The van der Waals surface area contributed by atoms with Gasteiger partial charge in [-0.1, -0.05) is 172 Å². The van der Waals surface area contributed by atoms with Gasteiger partial charge in [0.15, 0.2) is 17.5 Å². The van der Waals surface area contributed by atoms with Crippen LogP contribution in [0.15, 0.2) is 164 Å². The SMILES string of the molecule is CC1(C)c2ccccc2-c2c1ccc1c2ccc2ccc3cc(-c4ccccc4-c4nc(-c5ccccc5)nc(-c5ccccc5)n4)ccc3c21. The lowest BCUT2D eigenvalue weighted by Gasteiger charge is -2.21. The van der Waals surface area contributed by atoms with Crippen molar-refractivity contribution in [1.29, 1.82) is 0 Å². The van der Waals surface area contributed by atoms with Crippen molar-refractivity contribution in [3.05, 3.63) is 175 Å². The molecule has 0 spiro atoms. The van der Waals surface area contributed by atoms with Crippen LogP contribution in [-0.2, 0) is 5.41 Å². The van der Waals surface area contributed by atoms with E-state index in [0.29, 0.717) is 17.5 Å². The molecule has 1 aliphatic carbocycles. The minimum Gasteiger partial charge on any atom is -0.208 e. The molecule has 9 aromatic rings. The zero-order valence-electron chi connectivity index (χ0n) is 28.4. The summed E-state index contributed by atoms with van der Waals surface area (Å²) in [6, 6.07) is 58.4. The minimum absolute atomic E-state index is 0.0294. The molecule has 0 radical (unpaired) electrons. The molecule has 0 saturated carbocycles. The van der Waals surface area contributed by atoms with Crippen molar-refractivity contribution in [3.8, 4) is 56.4 Å². The molecule has 0 saturated heterocycles. The summed E-state index contributed by atoms with van der Waals surface area (Å²) in [5.41, 5.74) is 10.6. The van der Waals surface area contributed by atoms with E-state index in [9.17, 15) is 0 Å². The van der Waals surface area contributed by atoms with Gasteiger partial charge in [-0.15, -0.1) is 0 Å². The Kier molecular flexibility index (Phi) is 6.53. The standard InChI is InChI=1S/C48H33N3/c1-48(2)41-20-12-11-19-40(41)44-38-26-23-30-21-22-34-29-33(24-25-36(34)43(30)37(38)27-28-42(44)48)35-17-9-10-18-39(35)47-50-45(31-13-5-3-6-14-31)49-46(51-47)32-15-7-4-8-16-32/h3-29H,1-2H3. The number of rotatable bonds is 4. The first-order valence-corrected chi connectivity index (χ1v) is 17.5. The Morgan fingerprint density at radius 2 is 0.922 bits per heavy atom. The third-order valence-corrected chi connectivity index (χ3v) is 10.7. The molecule has 51 heavy (non-hydrogen) atoms. The highest BCUT2D eigenvalue weighted by atomic mass is 15.0. The van der Waals surface area contributed by atoms with Gasteiger partial charge in [-0.3, -0.25) is 0 Å². The van der Waals surface area contributed by atoms with Crippen molar-refractivity contribution in [1.82, 2.24) is 15.0 Å². The molecule has 0 aliphatic heterocycles. The molecule has 1 heterocycles. The summed E-state index contributed by atoms with van der Waals surface area (Å²) in [5, 5.41) is 7.62. The summed E-state index contributed by atoms with van der Waals surface area (Å²) >= 11 is 0. The summed E-state index contributed by atoms with van der Waals surface area (Å²) in [5.74, 6) is 1.96. The highest BCUT2D eigenvalue weighted by Crippen LogP contribution is 2.52. The zero-order chi connectivity index (χ0) is 34.1. The largest absolute Gasteiger partial charge is 0.208 e. The van der Waals surface area contributed by atoms with Crippen LogP contribution in [0.4, 0.5) is 0 Å². The van der Waals surface area contributed by atoms with Crippen LogP contribution in [0.5, 0.6) is 0 Å². The highest BCUT2D eigenvalue weighted by Gasteiger charge is 2.36. The molecule has 3 heteroatoms. The molecule has 0 atom stereocenters. The molecule has 240 valence electrons. The average Bonchev–Trinajstić information content (AvgIpc) is 3.44. The Balaban J connectivity index is 1.15. The highest BCUT2D eigenvalue weighted by molar-refractivity contribution is 6.23. The third-order valence-electron chi connectivity index (χ3n) is 10.7. The summed E-state index contributed by atoms with van der Waals surface area (Å²) in [7, 11) is 0. The van der Waals surface area contributed by atoms with Crippen molar-refractivity contribution in [2.45, 2.75) is 19.3 Å². The summed E-state index contributed by atoms with van der Waals surface area (Å²) in [6.07, 6.45) is 0. The molecule has 0 N–H and O–H groups in total. The van der Waals surface area contributed by atoms with Gasteiger partial charge < -0.3 is 0 Å². The lowest BCUT2D eigenvalue weighted by Crippen LogP contribution is -2.14. The van der Waals surface area contributed by atoms with Crippen LogP contribution in [0.3, 0.4) is 0 Å². The predicted octanol–water partition coefficient (Wildman–Crippen LogP) is 12.3. The van der Waals surface area contributed by atoms with E-state index in [1.807, 2.05) is 60.7 Å². The van der Waals surface area contributed by atoms with Crippen molar-refractivity contribution in [3.63, 3.8) is 0 Å². The second-order valence-corrected chi connectivity index (χ2v) is 14.0. The number of aromatic nitrogens is 3. The average molecular weight is 652 g/mol. The number of nitrogens with zero attached hydrogens (tertiary/aromatic N) is 3. The minimum atomic E-state index is -0.0294. The molecule has 10 rings (SSSR count). The van der Waals surface area contributed by atoms with Gasteiger partial charge in [0.25, 0.3) is 0 Å². The molecule has 0 amide bonds. The van der Waals surface area contributed by atoms with E-state index >= 15 is 0 Å². The van der Waals surface area contributed by atoms with Gasteiger partial charge in [-0.25, -0.2) is 15.0 Å². The van der Waals surface area contributed by atoms with E-state index in [1.165, 1.54) is 54.6 Å². The van der Waals surface area contributed by atoms with E-state index in [2.05, 4.69) is 117 Å². The van der Waals surface area contributed by atoms with Crippen molar-refractivity contribution in [2.75, 3.05) is 0 Å². The quantitative estimate of drug-likeness (QED) is 0.178. The fourth-order valence-corrected chi connectivity index (χ4v) is 8.20. The Morgan fingerprint density at radius 1 is 0.373 bits per heavy atom. The van der Waals surface area contributed by atoms with E-state index in [4.69, 9.17) is 15.0 Å². The van der Waals surface area contributed by atoms with E-state index < -0.39 is 0 Å². The third kappa shape index (κ3) is 4.62. The molecule has 8 aromatic carbocycles. The van der Waals surface area contributed by atoms with Gasteiger partial charge in [0.1, 0.15) is 0 Å². The normalized spacial score (nSPS) is 13.1. The monoisotopic (exact) mass is 651 g/mol. The van der Waals surface area contributed by atoms with Crippen LogP contribution >= 0.6 is 0 Å². The molecular weight excluding hydrogens is 619 g/mol. The number of hydrogen-bond acceptors (Lipinski definition) is 3. The van der Waals surface area contributed by atoms with Crippen molar-refractivity contribution in [2.24, 2.45) is 0 Å². The Hall–Kier alpha value is -6.45. The topological polar surface area (TPSA) is 38.7 Å². The van der Waals surface area contributed by atoms with Gasteiger partial charge >= 0.3 is 0 Å².